The van der Waals surface area contributed by atoms with Crippen molar-refractivity contribution in [2.24, 2.45) is 5.73 Å². The summed E-state index contributed by atoms with van der Waals surface area (Å²) in [6.45, 7) is 2.76. The van der Waals surface area contributed by atoms with Crippen LogP contribution in [0.1, 0.15) is 36.9 Å². The minimum absolute atomic E-state index is 0.260. The van der Waals surface area contributed by atoms with Crippen molar-refractivity contribution < 1.29 is 14.0 Å². The Balaban J connectivity index is 1.78. The monoisotopic (exact) mass is 239 g/mol. The summed E-state index contributed by atoms with van der Waals surface area (Å²) in [5.41, 5.74) is 5.77. The fraction of sp³-hybridized carbons (Fsp3) is 0.818. The summed E-state index contributed by atoms with van der Waals surface area (Å²) >= 11 is 0. The Labute approximate surface area is 99.5 Å². The minimum Gasteiger partial charge on any atom is -0.381 e. The summed E-state index contributed by atoms with van der Waals surface area (Å²) in [5.74, 6) is 1.53. The molecule has 0 saturated carbocycles. The van der Waals surface area contributed by atoms with Crippen molar-refractivity contribution in [1.82, 2.24) is 10.1 Å². The van der Waals surface area contributed by atoms with Gasteiger partial charge >= 0.3 is 0 Å². The van der Waals surface area contributed by atoms with Gasteiger partial charge in [-0.2, -0.15) is 4.98 Å². The van der Waals surface area contributed by atoms with Gasteiger partial charge in [-0.05, 0) is 19.3 Å². The van der Waals surface area contributed by atoms with Crippen molar-refractivity contribution in [2.45, 2.75) is 30.7 Å². The maximum atomic E-state index is 6.28. The molecule has 2 aliphatic rings. The van der Waals surface area contributed by atoms with E-state index in [1.807, 2.05) is 0 Å². The third-order valence-corrected chi connectivity index (χ3v) is 3.55. The van der Waals surface area contributed by atoms with Crippen molar-refractivity contribution in [1.29, 1.82) is 0 Å². The zero-order valence-electron chi connectivity index (χ0n) is 9.72. The largest absolute Gasteiger partial charge is 0.381 e. The first-order valence-corrected chi connectivity index (χ1v) is 6.06. The fourth-order valence-corrected chi connectivity index (χ4v) is 2.29. The molecule has 2 N–H and O–H groups in total. The van der Waals surface area contributed by atoms with Gasteiger partial charge in [-0.1, -0.05) is 5.16 Å². The minimum atomic E-state index is -0.511. The molecule has 6 heteroatoms. The Bertz CT molecular complexity index is 381. The van der Waals surface area contributed by atoms with Crippen LogP contribution in [0.4, 0.5) is 0 Å². The summed E-state index contributed by atoms with van der Waals surface area (Å²) in [6.07, 6.45) is 2.42. The van der Waals surface area contributed by atoms with Crippen molar-refractivity contribution in [3.8, 4) is 0 Å². The van der Waals surface area contributed by atoms with Crippen molar-refractivity contribution in [3.05, 3.63) is 11.7 Å². The number of aromatic nitrogens is 2. The lowest BCUT2D eigenvalue weighted by Crippen LogP contribution is -2.42. The maximum absolute atomic E-state index is 6.28. The topological polar surface area (TPSA) is 83.4 Å². The van der Waals surface area contributed by atoms with E-state index in [4.69, 9.17) is 19.7 Å². The average Bonchev–Trinajstić information content (AvgIpc) is 3.01. The lowest BCUT2D eigenvalue weighted by atomic mass is 9.91. The van der Waals surface area contributed by atoms with Crippen molar-refractivity contribution in [2.75, 3.05) is 26.4 Å². The first-order valence-electron chi connectivity index (χ1n) is 6.06. The molecule has 6 nitrogen and oxygen atoms in total. The molecule has 0 aromatic carbocycles. The van der Waals surface area contributed by atoms with Crippen LogP contribution in [0.2, 0.25) is 0 Å². The number of rotatable bonds is 2. The van der Waals surface area contributed by atoms with E-state index < -0.39 is 5.54 Å². The summed E-state index contributed by atoms with van der Waals surface area (Å²) in [6, 6.07) is 0. The van der Waals surface area contributed by atoms with Gasteiger partial charge in [-0.25, -0.2) is 0 Å². The predicted molar refractivity (Wildman–Crippen MR) is 58.4 cm³/mol. The van der Waals surface area contributed by atoms with E-state index in [0.29, 0.717) is 25.7 Å². The van der Waals surface area contributed by atoms with Gasteiger partial charge in [0.05, 0.1) is 6.61 Å². The molecule has 1 aromatic rings. The number of nitrogens with zero attached hydrogens (tertiary/aromatic N) is 2. The van der Waals surface area contributed by atoms with Gasteiger partial charge in [0, 0.05) is 25.7 Å². The highest BCUT2D eigenvalue weighted by atomic mass is 16.5. The Morgan fingerprint density at radius 2 is 2.00 bits per heavy atom. The number of nitrogens with two attached hydrogens (primary N) is 1. The Hall–Kier alpha value is -0.980. The molecule has 0 amide bonds. The number of hydrogen-bond donors (Lipinski definition) is 1. The second kappa shape index (κ2) is 4.36. The molecule has 2 aliphatic heterocycles. The molecule has 17 heavy (non-hydrogen) atoms. The molecule has 1 atom stereocenters. The fourth-order valence-electron chi connectivity index (χ4n) is 2.29. The van der Waals surface area contributed by atoms with Crippen LogP contribution >= 0.6 is 0 Å². The normalized spacial score (nSPS) is 28.4. The maximum Gasteiger partial charge on any atom is 0.246 e. The molecule has 0 bridgehead atoms. The Kier molecular flexibility index (Phi) is 2.85. The summed E-state index contributed by atoms with van der Waals surface area (Å²) < 4.78 is 15.9. The third kappa shape index (κ3) is 2.08. The Morgan fingerprint density at radius 1 is 1.18 bits per heavy atom. The van der Waals surface area contributed by atoms with E-state index in [9.17, 15) is 0 Å². The van der Waals surface area contributed by atoms with E-state index in [0.717, 1.165) is 31.7 Å². The molecular formula is C11H17N3O3. The summed E-state index contributed by atoms with van der Waals surface area (Å²) in [7, 11) is 0. The zero-order valence-corrected chi connectivity index (χ0v) is 9.72. The standard InChI is InChI=1S/C11H17N3O3/c12-11(2-5-15-6-3-11)10-13-9(14-17-10)8-1-4-16-7-8/h8H,1-7,12H2. The van der Waals surface area contributed by atoms with Gasteiger partial charge in [0.15, 0.2) is 5.82 Å². The van der Waals surface area contributed by atoms with Crippen molar-refractivity contribution in [3.63, 3.8) is 0 Å². The van der Waals surface area contributed by atoms with Gasteiger partial charge in [0.2, 0.25) is 5.89 Å². The van der Waals surface area contributed by atoms with E-state index >= 15 is 0 Å². The van der Waals surface area contributed by atoms with Crippen LogP contribution in [0.25, 0.3) is 0 Å². The molecular weight excluding hydrogens is 222 g/mol. The molecule has 3 heterocycles. The predicted octanol–water partition coefficient (Wildman–Crippen LogP) is 0.538. The second-order valence-corrected chi connectivity index (χ2v) is 4.79. The highest BCUT2D eigenvalue weighted by molar-refractivity contribution is 5.06. The SMILES string of the molecule is NC1(c2nc(C3CCOC3)no2)CCOCC1. The highest BCUT2D eigenvalue weighted by Gasteiger charge is 2.36. The van der Waals surface area contributed by atoms with Crippen LogP contribution in [0.3, 0.4) is 0 Å². The van der Waals surface area contributed by atoms with Crippen LogP contribution in [0.5, 0.6) is 0 Å². The van der Waals surface area contributed by atoms with Crippen LogP contribution in [-0.4, -0.2) is 36.6 Å². The molecule has 94 valence electrons. The molecule has 0 radical (unpaired) electrons. The van der Waals surface area contributed by atoms with Crippen LogP contribution < -0.4 is 5.73 Å². The molecule has 0 spiro atoms. The quantitative estimate of drug-likeness (QED) is 0.810. The lowest BCUT2D eigenvalue weighted by Gasteiger charge is -2.29. The summed E-state index contributed by atoms with van der Waals surface area (Å²) in [4.78, 5) is 4.45. The first-order chi connectivity index (χ1) is 8.28. The smallest absolute Gasteiger partial charge is 0.246 e. The van der Waals surface area contributed by atoms with Crippen molar-refractivity contribution >= 4 is 0 Å². The number of ether oxygens (including phenoxy) is 2. The second-order valence-electron chi connectivity index (χ2n) is 4.79. The van der Waals surface area contributed by atoms with Crippen LogP contribution in [0, 0.1) is 0 Å². The molecule has 0 aliphatic carbocycles. The molecule has 1 unspecified atom stereocenters. The lowest BCUT2D eigenvalue weighted by molar-refractivity contribution is 0.0400. The van der Waals surface area contributed by atoms with E-state index in [1.54, 1.807) is 0 Å². The highest BCUT2D eigenvalue weighted by Crippen LogP contribution is 2.30. The Morgan fingerprint density at radius 3 is 2.71 bits per heavy atom. The van der Waals surface area contributed by atoms with Crippen LogP contribution in [-0.2, 0) is 15.0 Å². The molecule has 2 saturated heterocycles. The molecule has 3 rings (SSSR count). The van der Waals surface area contributed by atoms with Gasteiger partial charge in [-0.15, -0.1) is 0 Å². The van der Waals surface area contributed by atoms with Gasteiger partial charge in [-0.3, -0.25) is 0 Å². The first kappa shape index (κ1) is 11.1. The van der Waals surface area contributed by atoms with Crippen LogP contribution in [0.15, 0.2) is 4.52 Å². The third-order valence-electron chi connectivity index (χ3n) is 3.55. The average molecular weight is 239 g/mol. The summed E-state index contributed by atoms with van der Waals surface area (Å²) in [5, 5.41) is 4.03. The van der Waals surface area contributed by atoms with E-state index in [2.05, 4.69) is 10.1 Å². The van der Waals surface area contributed by atoms with Gasteiger partial charge in [0.25, 0.3) is 0 Å². The molecule has 1 aromatic heterocycles. The molecule has 2 fully saturated rings. The van der Waals surface area contributed by atoms with Gasteiger partial charge in [0.1, 0.15) is 5.54 Å². The van der Waals surface area contributed by atoms with E-state index in [1.165, 1.54) is 0 Å². The zero-order chi connectivity index (χ0) is 11.7. The van der Waals surface area contributed by atoms with E-state index in [-0.39, 0.29) is 5.92 Å². The van der Waals surface area contributed by atoms with Gasteiger partial charge < -0.3 is 19.7 Å². The number of hydrogen-bond acceptors (Lipinski definition) is 6.